The van der Waals surface area contributed by atoms with Gasteiger partial charge in [0.2, 0.25) is 16.9 Å². The third kappa shape index (κ3) is 5.23. The van der Waals surface area contributed by atoms with Gasteiger partial charge in [-0.25, -0.2) is 0 Å². The molecule has 7 nitrogen and oxygen atoms in total. The summed E-state index contributed by atoms with van der Waals surface area (Å²) in [4.78, 5) is 26.6. The summed E-state index contributed by atoms with van der Waals surface area (Å²) < 4.78 is 5.99. The second-order valence-corrected chi connectivity index (χ2v) is 9.32. The predicted octanol–water partition coefficient (Wildman–Crippen LogP) is 3.68. The van der Waals surface area contributed by atoms with Gasteiger partial charge < -0.3 is 15.0 Å². The molecule has 1 aliphatic heterocycles. The number of amides is 2. The molecule has 1 saturated heterocycles. The fraction of sp³-hybridized carbons (Fsp3) is 0.474. The molecule has 3 rings (SSSR count). The van der Waals surface area contributed by atoms with E-state index in [2.05, 4.69) is 29.4 Å². The Morgan fingerprint density at radius 1 is 1.36 bits per heavy atom. The first-order valence-electron chi connectivity index (χ1n) is 9.18. The zero-order chi connectivity index (χ0) is 20.1. The van der Waals surface area contributed by atoms with Gasteiger partial charge in [0.05, 0.1) is 13.0 Å². The average Bonchev–Trinajstić information content (AvgIpc) is 3.28. The lowest BCUT2D eigenvalue weighted by atomic mass is 10.1. The van der Waals surface area contributed by atoms with Crippen molar-refractivity contribution >= 4 is 45.7 Å². The van der Waals surface area contributed by atoms with Crippen LogP contribution in [0.1, 0.15) is 26.7 Å². The maximum absolute atomic E-state index is 12.6. The number of hydrogen-bond acceptors (Lipinski definition) is 7. The predicted molar refractivity (Wildman–Crippen MR) is 112 cm³/mol. The monoisotopic (exact) mass is 420 g/mol. The van der Waals surface area contributed by atoms with E-state index in [1.807, 2.05) is 12.1 Å². The molecule has 0 unspecified atom stereocenters. The lowest BCUT2D eigenvalue weighted by Crippen LogP contribution is -2.28. The number of ether oxygens (including phenoxy) is 1. The second-order valence-electron chi connectivity index (χ2n) is 7.00. The fourth-order valence-corrected chi connectivity index (χ4v) is 4.87. The number of carbonyl (C=O) groups excluding carboxylic acids is 2. The number of rotatable bonds is 8. The van der Waals surface area contributed by atoms with Crippen LogP contribution in [0.25, 0.3) is 0 Å². The Balaban J connectivity index is 1.55. The summed E-state index contributed by atoms with van der Waals surface area (Å²) >= 11 is 3.02. The first-order valence-corrected chi connectivity index (χ1v) is 11.0. The van der Waals surface area contributed by atoms with Gasteiger partial charge in [0.15, 0.2) is 4.34 Å². The molecule has 1 aliphatic rings. The van der Waals surface area contributed by atoms with Crippen molar-refractivity contribution in [2.45, 2.75) is 31.0 Å². The molecular formula is C19H24N4O3S2. The van der Waals surface area contributed by atoms with Crippen LogP contribution in [-0.2, 0) is 9.59 Å². The highest BCUT2D eigenvalue weighted by molar-refractivity contribution is 8.01. The number of methoxy groups -OCH3 is 1. The number of hydrogen-bond donors (Lipinski definition) is 1. The summed E-state index contributed by atoms with van der Waals surface area (Å²) in [6.07, 6.45) is 1.30. The van der Waals surface area contributed by atoms with E-state index in [9.17, 15) is 9.59 Å². The third-order valence-electron chi connectivity index (χ3n) is 4.44. The van der Waals surface area contributed by atoms with Crippen LogP contribution >= 0.6 is 23.1 Å². The SMILES string of the molecule is COc1ccc(N2C[C@@H](C(=O)Nc3nnc(SCCC(C)C)s3)CC2=O)cc1. The van der Waals surface area contributed by atoms with Gasteiger partial charge in [-0.1, -0.05) is 36.9 Å². The Hall–Kier alpha value is -2.13. The molecule has 1 aromatic heterocycles. The molecule has 0 radical (unpaired) electrons. The van der Waals surface area contributed by atoms with E-state index in [-0.39, 0.29) is 18.2 Å². The Bertz CT molecular complexity index is 823. The largest absolute Gasteiger partial charge is 0.497 e. The smallest absolute Gasteiger partial charge is 0.231 e. The minimum atomic E-state index is -0.407. The third-order valence-corrected chi connectivity index (χ3v) is 6.44. The van der Waals surface area contributed by atoms with E-state index in [0.29, 0.717) is 17.6 Å². The van der Waals surface area contributed by atoms with Gasteiger partial charge in [-0.3, -0.25) is 9.59 Å². The standard InChI is InChI=1S/C19H24N4O3S2/c1-12(2)8-9-27-19-22-21-18(28-19)20-17(25)13-10-16(24)23(11-13)14-4-6-15(26-3)7-5-14/h4-7,12-13H,8-11H2,1-3H3,(H,20,21,25)/t13-/m0/s1. The molecule has 0 spiro atoms. The highest BCUT2D eigenvalue weighted by atomic mass is 32.2. The molecule has 1 atom stereocenters. The van der Waals surface area contributed by atoms with E-state index in [1.165, 1.54) is 11.3 Å². The summed E-state index contributed by atoms with van der Waals surface area (Å²) in [6, 6.07) is 7.25. The van der Waals surface area contributed by atoms with Crippen molar-refractivity contribution in [1.29, 1.82) is 0 Å². The molecule has 1 aromatic carbocycles. The van der Waals surface area contributed by atoms with Crippen molar-refractivity contribution in [3.05, 3.63) is 24.3 Å². The van der Waals surface area contributed by atoms with Gasteiger partial charge >= 0.3 is 0 Å². The molecule has 2 amide bonds. The lowest BCUT2D eigenvalue weighted by molar-refractivity contribution is -0.122. The Morgan fingerprint density at radius 2 is 2.11 bits per heavy atom. The minimum Gasteiger partial charge on any atom is -0.497 e. The van der Waals surface area contributed by atoms with Crippen LogP contribution in [0, 0.1) is 11.8 Å². The van der Waals surface area contributed by atoms with Crippen LogP contribution < -0.4 is 15.0 Å². The molecular weight excluding hydrogens is 396 g/mol. The molecule has 1 N–H and O–H groups in total. The van der Waals surface area contributed by atoms with Crippen molar-refractivity contribution in [1.82, 2.24) is 10.2 Å². The van der Waals surface area contributed by atoms with Crippen molar-refractivity contribution < 1.29 is 14.3 Å². The summed E-state index contributed by atoms with van der Waals surface area (Å²) in [5, 5.41) is 11.4. The van der Waals surface area contributed by atoms with Crippen molar-refractivity contribution in [3.8, 4) is 5.75 Å². The van der Waals surface area contributed by atoms with Gasteiger partial charge in [-0.05, 0) is 36.6 Å². The molecule has 28 heavy (non-hydrogen) atoms. The second kappa shape index (κ2) is 9.38. The zero-order valence-electron chi connectivity index (χ0n) is 16.2. The summed E-state index contributed by atoms with van der Waals surface area (Å²) in [7, 11) is 1.60. The van der Waals surface area contributed by atoms with Gasteiger partial charge in [0.25, 0.3) is 0 Å². The summed E-state index contributed by atoms with van der Waals surface area (Å²) in [6.45, 7) is 4.72. The van der Waals surface area contributed by atoms with Crippen LogP contribution in [0.3, 0.4) is 0 Å². The number of carbonyl (C=O) groups is 2. The van der Waals surface area contributed by atoms with E-state index in [0.717, 1.165) is 28.0 Å². The van der Waals surface area contributed by atoms with E-state index >= 15 is 0 Å². The van der Waals surface area contributed by atoms with Crippen LogP contribution in [0.4, 0.5) is 10.8 Å². The topological polar surface area (TPSA) is 84.4 Å². The molecule has 0 bridgehead atoms. The Morgan fingerprint density at radius 3 is 2.79 bits per heavy atom. The molecule has 0 aliphatic carbocycles. The first-order chi connectivity index (χ1) is 13.5. The fourth-order valence-electron chi connectivity index (χ4n) is 2.80. The maximum Gasteiger partial charge on any atom is 0.231 e. The normalized spacial score (nSPS) is 16.6. The number of nitrogens with one attached hydrogen (secondary N) is 1. The number of nitrogens with zero attached hydrogens (tertiary/aromatic N) is 3. The molecule has 0 saturated carbocycles. The first kappa shape index (κ1) is 20.6. The van der Waals surface area contributed by atoms with Crippen LogP contribution in [0.5, 0.6) is 5.75 Å². The van der Waals surface area contributed by atoms with E-state index < -0.39 is 5.92 Å². The molecule has 9 heteroatoms. The molecule has 2 heterocycles. The molecule has 2 aromatic rings. The molecule has 1 fully saturated rings. The quantitative estimate of drug-likeness (QED) is 0.518. The zero-order valence-corrected chi connectivity index (χ0v) is 17.8. The number of thioether (sulfide) groups is 1. The van der Waals surface area contributed by atoms with Crippen LogP contribution in [-0.4, -0.2) is 41.4 Å². The van der Waals surface area contributed by atoms with Crippen molar-refractivity contribution in [3.63, 3.8) is 0 Å². The summed E-state index contributed by atoms with van der Waals surface area (Å²) in [5.41, 5.74) is 0.765. The highest BCUT2D eigenvalue weighted by Crippen LogP contribution is 2.30. The number of anilines is 2. The van der Waals surface area contributed by atoms with Crippen LogP contribution in [0.15, 0.2) is 28.6 Å². The number of aromatic nitrogens is 2. The number of benzene rings is 1. The van der Waals surface area contributed by atoms with E-state index in [4.69, 9.17) is 4.74 Å². The van der Waals surface area contributed by atoms with Gasteiger partial charge in [-0.15, -0.1) is 10.2 Å². The molecule has 150 valence electrons. The minimum absolute atomic E-state index is 0.0625. The van der Waals surface area contributed by atoms with Crippen molar-refractivity contribution in [2.24, 2.45) is 11.8 Å². The maximum atomic E-state index is 12.6. The summed E-state index contributed by atoms with van der Waals surface area (Å²) in [5.74, 6) is 1.69. The van der Waals surface area contributed by atoms with Crippen LogP contribution in [0.2, 0.25) is 0 Å². The Labute approximate surface area is 172 Å². The van der Waals surface area contributed by atoms with Gasteiger partial charge in [-0.2, -0.15) is 0 Å². The lowest BCUT2D eigenvalue weighted by Gasteiger charge is -2.16. The Kier molecular flexibility index (Phi) is 6.90. The average molecular weight is 421 g/mol. The highest BCUT2D eigenvalue weighted by Gasteiger charge is 2.35. The van der Waals surface area contributed by atoms with Gasteiger partial charge in [0, 0.05) is 24.4 Å². The van der Waals surface area contributed by atoms with E-state index in [1.54, 1.807) is 35.9 Å². The van der Waals surface area contributed by atoms with Crippen molar-refractivity contribution in [2.75, 3.05) is 29.6 Å². The van der Waals surface area contributed by atoms with Gasteiger partial charge in [0.1, 0.15) is 5.75 Å².